The summed E-state index contributed by atoms with van der Waals surface area (Å²) in [5, 5.41) is 6.25. The van der Waals surface area contributed by atoms with Gasteiger partial charge < -0.3 is 15.0 Å². The highest BCUT2D eigenvalue weighted by Crippen LogP contribution is 2.39. The molecule has 9 heteroatoms. The Bertz CT molecular complexity index is 1210. The molecule has 2 fully saturated rings. The lowest BCUT2D eigenvalue weighted by Crippen LogP contribution is -2.63. The van der Waals surface area contributed by atoms with Crippen molar-refractivity contribution < 1.29 is 13.2 Å². The molecule has 2 saturated heterocycles. The minimum Gasteiger partial charge on any atom is -0.348 e. The number of aromatic nitrogens is 2. The molecule has 0 radical (unpaired) electrons. The highest BCUT2D eigenvalue weighted by molar-refractivity contribution is 7.89. The molecular formula is C22H25N5O3S. The van der Waals surface area contributed by atoms with Crippen LogP contribution in [0.1, 0.15) is 28.8 Å². The molecule has 1 spiro atoms. The zero-order valence-corrected chi connectivity index (χ0v) is 17.9. The van der Waals surface area contributed by atoms with Gasteiger partial charge in [-0.15, -0.1) is 0 Å². The summed E-state index contributed by atoms with van der Waals surface area (Å²) in [6, 6.07) is 10.3. The molecule has 162 valence electrons. The highest BCUT2D eigenvalue weighted by atomic mass is 32.2. The first-order chi connectivity index (χ1) is 15.0. The second-order valence-corrected chi connectivity index (χ2v) is 10.4. The summed E-state index contributed by atoms with van der Waals surface area (Å²) < 4.78 is 29.2. The molecule has 0 unspecified atom stereocenters. The van der Waals surface area contributed by atoms with Crippen LogP contribution in [0.25, 0.3) is 5.65 Å². The Kier molecular flexibility index (Phi) is 5.04. The van der Waals surface area contributed by atoms with Crippen LogP contribution in [-0.2, 0) is 16.6 Å². The van der Waals surface area contributed by atoms with Crippen molar-refractivity contribution in [3.8, 4) is 0 Å². The lowest BCUT2D eigenvalue weighted by molar-refractivity contribution is 0.0435. The quantitative estimate of drug-likeness (QED) is 0.630. The average molecular weight is 440 g/mol. The molecule has 1 amide bonds. The Hall–Kier alpha value is -2.75. The van der Waals surface area contributed by atoms with E-state index in [0.29, 0.717) is 30.1 Å². The largest absolute Gasteiger partial charge is 0.348 e. The van der Waals surface area contributed by atoms with E-state index in [1.165, 1.54) is 0 Å². The molecule has 5 rings (SSSR count). The topological polar surface area (TPSA) is 95.8 Å². The Morgan fingerprint density at radius 3 is 2.71 bits per heavy atom. The van der Waals surface area contributed by atoms with Gasteiger partial charge in [0.1, 0.15) is 5.65 Å². The summed E-state index contributed by atoms with van der Waals surface area (Å²) in [7, 11) is -3.47. The van der Waals surface area contributed by atoms with E-state index in [1.807, 2.05) is 0 Å². The van der Waals surface area contributed by atoms with Gasteiger partial charge in [0.25, 0.3) is 5.91 Å². The van der Waals surface area contributed by atoms with Crippen LogP contribution in [-0.4, -0.2) is 54.2 Å². The third kappa shape index (κ3) is 3.84. The first-order valence-corrected chi connectivity index (χ1v) is 11.9. The molecule has 0 atom stereocenters. The van der Waals surface area contributed by atoms with Gasteiger partial charge in [-0.3, -0.25) is 4.79 Å². The van der Waals surface area contributed by atoms with Gasteiger partial charge >= 0.3 is 0 Å². The van der Waals surface area contributed by atoms with E-state index in [1.54, 1.807) is 63.7 Å². The van der Waals surface area contributed by atoms with E-state index in [4.69, 9.17) is 0 Å². The van der Waals surface area contributed by atoms with Crippen LogP contribution in [0.15, 0.2) is 59.9 Å². The number of hydrogen-bond acceptors (Lipinski definition) is 5. The number of carbonyl (C=O) groups excluding carboxylic acids is 1. The van der Waals surface area contributed by atoms with Crippen molar-refractivity contribution in [2.75, 3.05) is 26.2 Å². The molecule has 8 nitrogen and oxygen atoms in total. The molecule has 1 aromatic carbocycles. The number of piperidine rings is 1. The molecule has 0 saturated carbocycles. The molecule has 2 aromatic heterocycles. The van der Waals surface area contributed by atoms with Crippen molar-refractivity contribution in [3.63, 3.8) is 0 Å². The first-order valence-electron chi connectivity index (χ1n) is 10.5. The lowest BCUT2D eigenvalue weighted by atomic mass is 9.75. The molecule has 31 heavy (non-hydrogen) atoms. The summed E-state index contributed by atoms with van der Waals surface area (Å²) in [6.45, 7) is 3.40. The van der Waals surface area contributed by atoms with Crippen molar-refractivity contribution in [2.24, 2.45) is 5.41 Å². The number of rotatable bonds is 5. The van der Waals surface area contributed by atoms with E-state index in [9.17, 15) is 13.2 Å². The van der Waals surface area contributed by atoms with Crippen molar-refractivity contribution in [2.45, 2.75) is 24.3 Å². The molecule has 0 bridgehead atoms. The molecule has 3 aromatic rings. The third-order valence-electron chi connectivity index (χ3n) is 6.25. The number of pyridine rings is 1. The minimum atomic E-state index is -3.47. The van der Waals surface area contributed by atoms with Crippen molar-refractivity contribution >= 4 is 21.6 Å². The van der Waals surface area contributed by atoms with E-state index < -0.39 is 10.0 Å². The van der Waals surface area contributed by atoms with E-state index in [-0.39, 0.29) is 11.3 Å². The van der Waals surface area contributed by atoms with Crippen LogP contribution < -0.4 is 10.6 Å². The summed E-state index contributed by atoms with van der Waals surface area (Å²) >= 11 is 0. The summed E-state index contributed by atoms with van der Waals surface area (Å²) in [5.74, 6) is -0.195. The molecule has 0 aliphatic carbocycles. The number of benzene rings is 1. The van der Waals surface area contributed by atoms with Gasteiger partial charge in [0, 0.05) is 50.2 Å². The smallest absolute Gasteiger partial charge is 0.253 e. The number of nitrogens with one attached hydrogen (secondary N) is 2. The summed E-state index contributed by atoms with van der Waals surface area (Å²) in [4.78, 5) is 16.9. The van der Waals surface area contributed by atoms with Crippen LogP contribution in [0.4, 0.5) is 0 Å². The normalized spacial score (nSPS) is 18.7. The summed E-state index contributed by atoms with van der Waals surface area (Å²) in [5.41, 5.74) is 2.26. The predicted molar refractivity (Wildman–Crippen MR) is 116 cm³/mol. The molecular weight excluding hydrogens is 414 g/mol. The van der Waals surface area contributed by atoms with Gasteiger partial charge in [0.05, 0.1) is 10.5 Å². The van der Waals surface area contributed by atoms with Gasteiger partial charge in [0.15, 0.2) is 0 Å². The predicted octanol–water partition coefficient (Wildman–Crippen LogP) is 1.64. The van der Waals surface area contributed by atoms with Gasteiger partial charge in [0.2, 0.25) is 10.0 Å². The number of nitrogens with zero attached hydrogens (tertiary/aromatic N) is 3. The molecule has 4 heterocycles. The average Bonchev–Trinajstić information content (AvgIpc) is 3.24. The Morgan fingerprint density at radius 2 is 1.97 bits per heavy atom. The molecule has 2 aliphatic rings. The Balaban J connectivity index is 1.20. The maximum absolute atomic E-state index is 12.9. The van der Waals surface area contributed by atoms with Gasteiger partial charge in [-0.2, -0.15) is 4.31 Å². The fraction of sp³-hybridized carbons (Fsp3) is 0.364. The standard InChI is InChI=1S/C22H25N5O3S/c28-21(18-4-7-20-24-10-11-26(20)13-18)25-12-17-2-5-19(6-3-17)31(29,30)27-15-22(16-27)8-1-9-23-14-22/h2-7,10-11,13,23H,1,8-9,12,14-16H2,(H,25,28). The summed E-state index contributed by atoms with van der Waals surface area (Å²) in [6.07, 6.45) is 7.38. The zero-order valence-electron chi connectivity index (χ0n) is 17.1. The van der Waals surface area contributed by atoms with Crippen LogP contribution >= 0.6 is 0 Å². The maximum Gasteiger partial charge on any atom is 0.253 e. The van der Waals surface area contributed by atoms with E-state index in [0.717, 1.165) is 37.1 Å². The molecule has 2 aliphatic heterocycles. The first kappa shape index (κ1) is 20.2. The third-order valence-corrected chi connectivity index (χ3v) is 8.06. The Morgan fingerprint density at radius 1 is 1.16 bits per heavy atom. The zero-order chi connectivity index (χ0) is 21.5. The number of fused-ring (bicyclic) bond motifs is 1. The number of imidazole rings is 1. The van der Waals surface area contributed by atoms with Gasteiger partial charge in [-0.1, -0.05) is 12.1 Å². The van der Waals surface area contributed by atoms with Gasteiger partial charge in [-0.05, 0) is 49.2 Å². The van der Waals surface area contributed by atoms with E-state index in [2.05, 4.69) is 15.6 Å². The number of carbonyl (C=O) groups is 1. The van der Waals surface area contributed by atoms with Crippen molar-refractivity contribution in [1.82, 2.24) is 24.3 Å². The van der Waals surface area contributed by atoms with Crippen molar-refractivity contribution in [1.29, 1.82) is 0 Å². The fourth-order valence-electron chi connectivity index (χ4n) is 4.44. The van der Waals surface area contributed by atoms with Crippen molar-refractivity contribution in [3.05, 3.63) is 66.1 Å². The number of sulfonamides is 1. The van der Waals surface area contributed by atoms with E-state index >= 15 is 0 Å². The Labute approximate surface area is 181 Å². The van der Waals surface area contributed by atoms with Gasteiger partial charge in [-0.25, -0.2) is 13.4 Å². The lowest BCUT2D eigenvalue weighted by Gasteiger charge is -2.51. The fourth-order valence-corrected chi connectivity index (χ4v) is 6.10. The van der Waals surface area contributed by atoms with Crippen LogP contribution in [0.2, 0.25) is 0 Å². The number of amides is 1. The monoisotopic (exact) mass is 439 g/mol. The number of hydrogen-bond donors (Lipinski definition) is 2. The molecule has 2 N–H and O–H groups in total. The minimum absolute atomic E-state index is 0.106. The van der Waals surface area contributed by atoms with Crippen LogP contribution in [0.5, 0.6) is 0 Å². The van der Waals surface area contributed by atoms with Crippen LogP contribution in [0, 0.1) is 5.41 Å². The van der Waals surface area contributed by atoms with Crippen LogP contribution in [0.3, 0.4) is 0 Å². The highest BCUT2D eigenvalue weighted by Gasteiger charge is 2.48. The maximum atomic E-state index is 12.9. The second-order valence-electron chi connectivity index (χ2n) is 8.49. The SMILES string of the molecule is O=C(NCc1ccc(S(=O)(=O)N2CC3(CCCNC3)C2)cc1)c1ccc2nccn2c1. The second kappa shape index (κ2) is 7.74.